The first-order valence-electron chi connectivity index (χ1n) is 6.00. The quantitative estimate of drug-likeness (QED) is 0.719. The van der Waals surface area contributed by atoms with Crippen LogP contribution in [0.3, 0.4) is 0 Å². The van der Waals surface area contributed by atoms with Crippen molar-refractivity contribution in [3.8, 4) is 5.75 Å². The molecule has 1 atom stereocenters. The third kappa shape index (κ3) is 4.84. The van der Waals surface area contributed by atoms with Crippen molar-refractivity contribution in [3.05, 3.63) is 29.6 Å². The van der Waals surface area contributed by atoms with Crippen LogP contribution in [0.25, 0.3) is 0 Å². The van der Waals surface area contributed by atoms with E-state index in [1.165, 1.54) is 6.07 Å². The van der Waals surface area contributed by atoms with E-state index in [2.05, 4.69) is 5.32 Å². The van der Waals surface area contributed by atoms with Gasteiger partial charge in [-0.1, -0.05) is 6.07 Å². The van der Waals surface area contributed by atoms with E-state index < -0.39 is 11.9 Å². The highest BCUT2D eigenvalue weighted by atomic mass is 19.1. The molecule has 0 fully saturated rings. The summed E-state index contributed by atoms with van der Waals surface area (Å²) in [5, 5.41) is 2.64. The predicted octanol–water partition coefficient (Wildman–Crippen LogP) is 0.814. The fourth-order valence-electron chi connectivity index (χ4n) is 1.44. The first-order valence-corrected chi connectivity index (χ1v) is 6.00. The summed E-state index contributed by atoms with van der Waals surface area (Å²) in [6.07, 6.45) is -0.708. The number of methoxy groups -OCH3 is 1. The van der Waals surface area contributed by atoms with Gasteiger partial charge in [-0.2, -0.15) is 0 Å². The lowest BCUT2D eigenvalue weighted by atomic mass is 10.2. The maximum absolute atomic E-state index is 13.5. The summed E-state index contributed by atoms with van der Waals surface area (Å²) in [5.74, 6) is -0.420. The van der Waals surface area contributed by atoms with E-state index in [1.807, 2.05) is 0 Å². The highest BCUT2D eigenvalue weighted by Gasteiger charge is 2.14. The number of carbonyl (C=O) groups is 1. The monoisotopic (exact) mass is 270 g/mol. The first kappa shape index (κ1) is 15.4. The maximum atomic E-state index is 13.5. The lowest BCUT2D eigenvalue weighted by molar-refractivity contribution is -0.127. The van der Waals surface area contributed by atoms with Gasteiger partial charge in [0, 0.05) is 31.8 Å². The molecule has 0 aromatic heterocycles. The fourth-order valence-corrected chi connectivity index (χ4v) is 1.44. The largest absolute Gasteiger partial charge is 0.481 e. The van der Waals surface area contributed by atoms with Crippen LogP contribution in [-0.2, 0) is 16.1 Å². The number of nitrogens with two attached hydrogens (primary N) is 1. The molecule has 19 heavy (non-hydrogen) atoms. The molecule has 0 bridgehead atoms. The molecule has 0 saturated heterocycles. The number of halogens is 1. The standard InChI is InChI=1S/C13H19FN2O3/c1-9(13(17)16-5-6-18-2)19-11-4-3-10(8-15)12(14)7-11/h3-4,7,9H,5-6,8,15H2,1-2H3,(H,16,17). The van der Waals surface area contributed by atoms with Crippen LogP contribution < -0.4 is 15.8 Å². The van der Waals surface area contributed by atoms with E-state index in [9.17, 15) is 9.18 Å². The van der Waals surface area contributed by atoms with Crippen LogP contribution in [0.5, 0.6) is 5.75 Å². The molecule has 0 radical (unpaired) electrons. The summed E-state index contributed by atoms with van der Waals surface area (Å²) in [4.78, 5) is 11.6. The predicted molar refractivity (Wildman–Crippen MR) is 69.3 cm³/mol. The topological polar surface area (TPSA) is 73.6 Å². The normalized spacial score (nSPS) is 12.0. The van der Waals surface area contributed by atoms with Crippen molar-refractivity contribution >= 4 is 5.91 Å². The molecule has 1 aromatic rings. The van der Waals surface area contributed by atoms with Crippen LogP contribution in [-0.4, -0.2) is 32.3 Å². The molecule has 0 aliphatic rings. The van der Waals surface area contributed by atoms with E-state index in [0.29, 0.717) is 24.5 Å². The van der Waals surface area contributed by atoms with Gasteiger partial charge in [-0.15, -0.1) is 0 Å². The molecule has 1 aromatic carbocycles. The van der Waals surface area contributed by atoms with Crippen LogP contribution >= 0.6 is 0 Å². The zero-order valence-corrected chi connectivity index (χ0v) is 11.1. The molecule has 1 unspecified atom stereocenters. The van der Waals surface area contributed by atoms with Crippen LogP contribution in [0.1, 0.15) is 12.5 Å². The minimum absolute atomic E-state index is 0.124. The molecule has 5 nitrogen and oxygen atoms in total. The van der Waals surface area contributed by atoms with E-state index in [-0.39, 0.29) is 12.5 Å². The van der Waals surface area contributed by atoms with Gasteiger partial charge in [0.05, 0.1) is 6.61 Å². The van der Waals surface area contributed by atoms with Crippen molar-refractivity contribution in [2.75, 3.05) is 20.3 Å². The lowest BCUT2D eigenvalue weighted by Gasteiger charge is -2.15. The Balaban J connectivity index is 2.54. The van der Waals surface area contributed by atoms with Crippen molar-refractivity contribution < 1.29 is 18.7 Å². The molecule has 0 heterocycles. The molecule has 1 amide bonds. The number of ether oxygens (including phenoxy) is 2. The van der Waals surface area contributed by atoms with Crippen molar-refractivity contribution in [2.24, 2.45) is 5.73 Å². The second-order valence-corrected chi connectivity index (χ2v) is 4.00. The molecule has 0 aliphatic heterocycles. The Hall–Kier alpha value is -1.66. The van der Waals surface area contributed by atoms with Gasteiger partial charge in [0.1, 0.15) is 11.6 Å². The average Bonchev–Trinajstić information content (AvgIpc) is 2.39. The van der Waals surface area contributed by atoms with Crippen LogP contribution in [0, 0.1) is 5.82 Å². The highest BCUT2D eigenvalue weighted by Crippen LogP contribution is 2.17. The fraction of sp³-hybridized carbons (Fsp3) is 0.462. The number of benzene rings is 1. The molecular formula is C13H19FN2O3. The van der Waals surface area contributed by atoms with E-state index in [0.717, 1.165) is 0 Å². The summed E-state index contributed by atoms with van der Waals surface area (Å²) < 4.78 is 23.6. The van der Waals surface area contributed by atoms with Gasteiger partial charge >= 0.3 is 0 Å². The van der Waals surface area contributed by atoms with Gasteiger partial charge in [-0.05, 0) is 13.0 Å². The third-order valence-corrected chi connectivity index (χ3v) is 2.53. The maximum Gasteiger partial charge on any atom is 0.260 e. The van der Waals surface area contributed by atoms with Crippen LogP contribution in [0.15, 0.2) is 18.2 Å². The molecule has 3 N–H and O–H groups in total. The number of carbonyl (C=O) groups excluding carboxylic acids is 1. The molecular weight excluding hydrogens is 251 g/mol. The summed E-state index contributed by atoms with van der Waals surface area (Å²) >= 11 is 0. The molecule has 106 valence electrons. The van der Waals surface area contributed by atoms with Gasteiger partial charge in [-0.3, -0.25) is 4.79 Å². The Morgan fingerprint density at radius 2 is 2.26 bits per heavy atom. The van der Waals surface area contributed by atoms with Gasteiger partial charge < -0.3 is 20.5 Å². The minimum Gasteiger partial charge on any atom is -0.481 e. The number of nitrogens with one attached hydrogen (secondary N) is 1. The Kier molecular flexibility index (Phi) is 6.24. The van der Waals surface area contributed by atoms with Gasteiger partial charge in [0.25, 0.3) is 5.91 Å². The van der Waals surface area contributed by atoms with Gasteiger partial charge in [-0.25, -0.2) is 4.39 Å². The molecule has 6 heteroatoms. The van der Waals surface area contributed by atoms with Gasteiger partial charge in [0.2, 0.25) is 0 Å². The zero-order valence-electron chi connectivity index (χ0n) is 11.1. The minimum atomic E-state index is -0.708. The Labute approximate surface area is 111 Å². The Bertz CT molecular complexity index is 426. The number of rotatable bonds is 7. The van der Waals surface area contributed by atoms with E-state index in [4.69, 9.17) is 15.2 Å². The lowest BCUT2D eigenvalue weighted by Crippen LogP contribution is -2.37. The summed E-state index contributed by atoms with van der Waals surface area (Å²) in [5.41, 5.74) is 5.77. The smallest absolute Gasteiger partial charge is 0.260 e. The Morgan fingerprint density at radius 1 is 1.53 bits per heavy atom. The molecule has 0 aliphatic carbocycles. The van der Waals surface area contributed by atoms with Crippen molar-refractivity contribution in [2.45, 2.75) is 19.6 Å². The molecule has 1 rings (SSSR count). The SMILES string of the molecule is COCCNC(=O)C(C)Oc1ccc(CN)c(F)c1. The van der Waals surface area contributed by atoms with Crippen molar-refractivity contribution in [1.82, 2.24) is 5.32 Å². The van der Waals surface area contributed by atoms with E-state index >= 15 is 0 Å². The summed E-state index contributed by atoms with van der Waals surface area (Å²) in [7, 11) is 1.55. The molecule has 0 saturated carbocycles. The van der Waals surface area contributed by atoms with Gasteiger partial charge in [0.15, 0.2) is 6.10 Å². The highest BCUT2D eigenvalue weighted by molar-refractivity contribution is 5.80. The summed E-state index contributed by atoms with van der Waals surface area (Å²) in [6, 6.07) is 4.35. The average molecular weight is 270 g/mol. The summed E-state index contributed by atoms with van der Waals surface area (Å²) in [6.45, 7) is 2.55. The number of hydrogen-bond acceptors (Lipinski definition) is 4. The van der Waals surface area contributed by atoms with E-state index in [1.54, 1.807) is 26.2 Å². The zero-order chi connectivity index (χ0) is 14.3. The third-order valence-electron chi connectivity index (χ3n) is 2.53. The first-order chi connectivity index (χ1) is 9.08. The number of hydrogen-bond donors (Lipinski definition) is 2. The number of amides is 1. The van der Waals surface area contributed by atoms with Crippen LogP contribution in [0.2, 0.25) is 0 Å². The van der Waals surface area contributed by atoms with Crippen molar-refractivity contribution in [3.63, 3.8) is 0 Å². The van der Waals surface area contributed by atoms with Crippen molar-refractivity contribution in [1.29, 1.82) is 0 Å². The Morgan fingerprint density at radius 3 is 2.84 bits per heavy atom. The van der Waals surface area contributed by atoms with Crippen LogP contribution in [0.4, 0.5) is 4.39 Å². The second kappa shape index (κ2) is 7.70. The molecule has 0 spiro atoms. The second-order valence-electron chi connectivity index (χ2n) is 4.00.